The van der Waals surface area contributed by atoms with Crippen LogP contribution in [-0.2, 0) is 6.54 Å². The van der Waals surface area contributed by atoms with Gasteiger partial charge in [-0.2, -0.15) is 0 Å². The molecule has 2 unspecified atom stereocenters. The van der Waals surface area contributed by atoms with Crippen LogP contribution < -0.4 is 10.6 Å². The van der Waals surface area contributed by atoms with Crippen LogP contribution in [0.15, 0.2) is 22.8 Å². The molecule has 1 aliphatic carbocycles. The second kappa shape index (κ2) is 5.21. The van der Waals surface area contributed by atoms with Gasteiger partial charge in [0.25, 0.3) is 0 Å². The number of guanidine groups is 1. The Labute approximate surface area is 116 Å². The van der Waals surface area contributed by atoms with Crippen molar-refractivity contribution in [3.63, 3.8) is 0 Å². The zero-order chi connectivity index (χ0) is 13.2. The Kier molecular flexibility index (Phi) is 3.42. The number of hydrogen-bond acceptors (Lipinski definition) is 3. The molecule has 2 aromatic rings. The lowest BCUT2D eigenvalue weighted by atomic mass is 10.5. The molecule has 0 spiro atoms. The summed E-state index contributed by atoms with van der Waals surface area (Å²) in [7, 11) is 0. The third-order valence-corrected chi connectivity index (χ3v) is 4.09. The third-order valence-electron chi connectivity index (χ3n) is 3.32. The Hall–Kier alpha value is -1.56. The molecule has 2 N–H and O–H groups in total. The van der Waals surface area contributed by atoms with Crippen LogP contribution in [0.25, 0.3) is 4.96 Å². The highest BCUT2D eigenvalue weighted by Gasteiger charge is 2.33. The van der Waals surface area contributed by atoms with Crippen LogP contribution in [0.2, 0.25) is 0 Å². The van der Waals surface area contributed by atoms with Gasteiger partial charge in [-0.3, -0.25) is 4.40 Å². The van der Waals surface area contributed by atoms with Crippen LogP contribution in [0.4, 0.5) is 0 Å². The van der Waals surface area contributed by atoms with E-state index in [-0.39, 0.29) is 0 Å². The fraction of sp³-hybridized carbons (Fsp3) is 0.538. The summed E-state index contributed by atoms with van der Waals surface area (Å²) in [4.78, 5) is 10.2. The summed E-state index contributed by atoms with van der Waals surface area (Å²) in [6.45, 7) is 5.83. The molecule has 0 saturated heterocycles. The summed E-state index contributed by atoms with van der Waals surface area (Å²) in [6, 6.07) is 0.586. The molecule has 2 heterocycles. The molecule has 1 saturated carbocycles. The first-order chi connectivity index (χ1) is 9.26. The summed E-state index contributed by atoms with van der Waals surface area (Å²) < 4.78 is 2.04. The van der Waals surface area contributed by atoms with E-state index in [0.29, 0.717) is 12.6 Å². The number of hydrogen-bond donors (Lipinski definition) is 2. The quantitative estimate of drug-likeness (QED) is 0.662. The summed E-state index contributed by atoms with van der Waals surface area (Å²) in [6.07, 6.45) is 5.30. The molecule has 0 aromatic carbocycles. The van der Waals surface area contributed by atoms with Gasteiger partial charge in [0.2, 0.25) is 0 Å². The monoisotopic (exact) mass is 277 g/mol. The first kappa shape index (κ1) is 12.5. The fourth-order valence-corrected chi connectivity index (χ4v) is 2.75. The second-order valence-electron chi connectivity index (χ2n) is 4.98. The second-order valence-corrected chi connectivity index (χ2v) is 5.86. The normalized spacial score (nSPS) is 22.7. The van der Waals surface area contributed by atoms with Crippen molar-refractivity contribution in [2.24, 2.45) is 10.9 Å². The van der Waals surface area contributed by atoms with E-state index < -0.39 is 0 Å². The molecule has 0 amide bonds. The van der Waals surface area contributed by atoms with E-state index >= 15 is 0 Å². The van der Waals surface area contributed by atoms with Crippen molar-refractivity contribution in [2.45, 2.75) is 32.9 Å². The molecule has 102 valence electrons. The smallest absolute Gasteiger partial charge is 0.193 e. The van der Waals surface area contributed by atoms with Crippen LogP contribution in [0.5, 0.6) is 0 Å². The molecular formula is C13H19N5S. The molecule has 0 radical (unpaired) electrons. The van der Waals surface area contributed by atoms with E-state index in [9.17, 15) is 0 Å². The van der Waals surface area contributed by atoms with E-state index in [2.05, 4.69) is 34.5 Å². The maximum Gasteiger partial charge on any atom is 0.193 e. The molecule has 6 heteroatoms. The van der Waals surface area contributed by atoms with Gasteiger partial charge in [-0.25, -0.2) is 9.98 Å². The van der Waals surface area contributed by atoms with E-state index in [1.807, 2.05) is 22.2 Å². The molecule has 5 nitrogen and oxygen atoms in total. The van der Waals surface area contributed by atoms with Gasteiger partial charge < -0.3 is 10.6 Å². The van der Waals surface area contributed by atoms with Gasteiger partial charge in [-0.15, -0.1) is 11.3 Å². The Morgan fingerprint density at radius 3 is 3.16 bits per heavy atom. The Morgan fingerprint density at radius 2 is 2.47 bits per heavy atom. The van der Waals surface area contributed by atoms with Crippen LogP contribution in [0.3, 0.4) is 0 Å². The molecule has 2 atom stereocenters. The topological polar surface area (TPSA) is 53.7 Å². The molecule has 0 bridgehead atoms. The summed E-state index contributed by atoms with van der Waals surface area (Å²) >= 11 is 1.65. The Morgan fingerprint density at radius 1 is 1.63 bits per heavy atom. The number of aliphatic imine (C=N–C) groups is 1. The lowest BCUT2D eigenvalue weighted by molar-refractivity contribution is 0.765. The fourth-order valence-electron chi connectivity index (χ4n) is 2.03. The number of fused-ring (bicyclic) bond motifs is 1. The zero-order valence-corrected chi connectivity index (χ0v) is 12.1. The average Bonchev–Trinajstić information content (AvgIpc) is 2.78. The Bertz CT molecular complexity index is 556. The van der Waals surface area contributed by atoms with Crippen LogP contribution >= 0.6 is 11.3 Å². The maximum absolute atomic E-state index is 4.60. The lowest BCUT2D eigenvalue weighted by Crippen LogP contribution is -2.39. The van der Waals surface area contributed by atoms with Crippen LogP contribution in [0.1, 0.15) is 26.0 Å². The highest BCUT2D eigenvalue weighted by atomic mass is 32.1. The Balaban J connectivity index is 1.65. The predicted octanol–water partition coefficient (Wildman–Crippen LogP) is 1.86. The van der Waals surface area contributed by atoms with Crippen molar-refractivity contribution >= 4 is 22.3 Å². The van der Waals surface area contributed by atoms with Gasteiger partial charge in [-0.1, -0.05) is 6.92 Å². The maximum atomic E-state index is 4.60. The molecule has 19 heavy (non-hydrogen) atoms. The third kappa shape index (κ3) is 2.89. The largest absolute Gasteiger partial charge is 0.357 e. The highest BCUT2D eigenvalue weighted by Crippen LogP contribution is 2.28. The molecule has 2 aromatic heterocycles. The van der Waals surface area contributed by atoms with Gasteiger partial charge in [0.05, 0.1) is 12.2 Å². The van der Waals surface area contributed by atoms with Crippen molar-refractivity contribution < 1.29 is 0 Å². The van der Waals surface area contributed by atoms with E-state index in [1.54, 1.807) is 11.3 Å². The van der Waals surface area contributed by atoms with Crippen molar-refractivity contribution in [1.82, 2.24) is 20.0 Å². The number of thiazole rings is 1. The van der Waals surface area contributed by atoms with Crippen molar-refractivity contribution in [1.29, 1.82) is 0 Å². The number of imidazole rings is 1. The highest BCUT2D eigenvalue weighted by molar-refractivity contribution is 7.15. The predicted molar refractivity (Wildman–Crippen MR) is 78.6 cm³/mol. The van der Waals surface area contributed by atoms with Gasteiger partial charge in [0.1, 0.15) is 0 Å². The minimum absolute atomic E-state index is 0.586. The summed E-state index contributed by atoms with van der Waals surface area (Å²) in [5.74, 6) is 1.66. The number of nitrogens with zero attached hydrogens (tertiary/aromatic N) is 3. The van der Waals surface area contributed by atoms with Crippen LogP contribution in [0, 0.1) is 5.92 Å². The minimum Gasteiger partial charge on any atom is -0.357 e. The number of nitrogens with one attached hydrogen (secondary N) is 2. The van der Waals surface area contributed by atoms with E-state index in [4.69, 9.17) is 0 Å². The van der Waals surface area contributed by atoms with Crippen molar-refractivity contribution in [3.05, 3.63) is 23.5 Å². The van der Waals surface area contributed by atoms with Gasteiger partial charge in [-0.05, 0) is 19.3 Å². The molecule has 1 aliphatic rings. The first-order valence-electron chi connectivity index (χ1n) is 6.72. The lowest BCUT2D eigenvalue weighted by Gasteiger charge is -2.10. The number of rotatable bonds is 4. The first-order valence-corrected chi connectivity index (χ1v) is 7.60. The molecule has 1 fully saturated rings. The van der Waals surface area contributed by atoms with E-state index in [0.717, 1.165) is 29.1 Å². The standard InChI is InChI=1S/C13H19N5S/c1-3-14-12(17-11-6-9(11)2)15-7-10-8-18-4-5-19-13(18)16-10/h4-5,8-9,11H,3,6-7H2,1-2H3,(H2,14,15,17). The summed E-state index contributed by atoms with van der Waals surface area (Å²) in [5.41, 5.74) is 1.01. The molecule has 3 rings (SSSR count). The van der Waals surface area contributed by atoms with Gasteiger partial charge >= 0.3 is 0 Å². The van der Waals surface area contributed by atoms with Crippen molar-refractivity contribution in [3.8, 4) is 0 Å². The van der Waals surface area contributed by atoms with E-state index in [1.165, 1.54) is 6.42 Å². The zero-order valence-electron chi connectivity index (χ0n) is 11.3. The van der Waals surface area contributed by atoms with Crippen LogP contribution in [-0.4, -0.2) is 27.9 Å². The minimum atomic E-state index is 0.586. The summed E-state index contributed by atoms with van der Waals surface area (Å²) in [5, 5.41) is 8.76. The number of aromatic nitrogens is 2. The average molecular weight is 277 g/mol. The SMILES string of the molecule is CCNC(=NCc1cn2ccsc2n1)NC1CC1C. The van der Waals surface area contributed by atoms with Gasteiger partial charge in [0, 0.05) is 30.4 Å². The van der Waals surface area contributed by atoms with Crippen molar-refractivity contribution in [2.75, 3.05) is 6.54 Å². The molecular weight excluding hydrogens is 258 g/mol. The molecule has 0 aliphatic heterocycles. The van der Waals surface area contributed by atoms with Gasteiger partial charge in [0.15, 0.2) is 10.9 Å².